The number of imidazole rings is 1. The van der Waals surface area contributed by atoms with Gasteiger partial charge in [0, 0.05) is 42.8 Å². The number of pyridine rings is 1. The van der Waals surface area contributed by atoms with Crippen molar-refractivity contribution < 1.29 is 13.5 Å². The van der Waals surface area contributed by atoms with E-state index in [2.05, 4.69) is 30.0 Å². The zero-order valence-corrected chi connectivity index (χ0v) is 15.2. The van der Waals surface area contributed by atoms with E-state index in [0.717, 1.165) is 11.4 Å². The number of ether oxygens (including phenoxy) is 1. The number of halogens is 2. The fraction of sp³-hybridized carbons (Fsp3) is 0.263. The van der Waals surface area contributed by atoms with Crippen LogP contribution in [-0.2, 0) is 4.74 Å². The molecule has 1 saturated heterocycles. The topological polar surface area (TPSA) is 84.2 Å². The first-order chi connectivity index (χ1) is 14.2. The monoisotopic (exact) mass is 397 g/mol. The fourth-order valence-electron chi connectivity index (χ4n) is 3.44. The Morgan fingerprint density at radius 1 is 1.17 bits per heavy atom. The first kappa shape index (κ1) is 17.7. The number of hydrogen-bond acceptors (Lipinski definition) is 6. The van der Waals surface area contributed by atoms with E-state index < -0.39 is 6.43 Å². The van der Waals surface area contributed by atoms with Gasteiger partial charge in [-0.05, 0) is 18.2 Å². The van der Waals surface area contributed by atoms with Gasteiger partial charge in [0.2, 0.25) is 0 Å². The van der Waals surface area contributed by atoms with Crippen LogP contribution in [0.2, 0.25) is 0 Å². The molecule has 4 aromatic heterocycles. The Bertz CT molecular complexity index is 1130. The Morgan fingerprint density at radius 3 is 2.93 bits per heavy atom. The summed E-state index contributed by atoms with van der Waals surface area (Å²) >= 11 is 0. The molecule has 0 aliphatic carbocycles. The van der Waals surface area contributed by atoms with Gasteiger partial charge in [-0.25, -0.2) is 23.7 Å². The highest BCUT2D eigenvalue weighted by molar-refractivity contribution is 5.59. The largest absolute Gasteiger partial charge is 0.370 e. The highest BCUT2D eigenvalue weighted by Crippen LogP contribution is 2.27. The van der Waals surface area contributed by atoms with Crippen LogP contribution in [0, 0.1) is 0 Å². The van der Waals surface area contributed by atoms with E-state index >= 15 is 0 Å². The molecule has 1 N–H and O–H groups in total. The van der Waals surface area contributed by atoms with Gasteiger partial charge in [-0.15, -0.1) is 0 Å². The minimum atomic E-state index is -2.56. The van der Waals surface area contributed by atoms with Crippen molar-refractivity contribution in [1.29, 1.82) is 0 Å². The van der Waals surface area contributed by atoms with Gasteiger partial charge < -0.3 is 9.64 Å². The van der Waals surface area contributed by atoms with Crippen molar-refractivity contribution in [3.8, 4) is 11.5 Å². The highest BCUT2D eigenvalue weighted by Gasteiger charge is 2.24. The second kappa shape index (κ2) is 7.21. The lowest BCUT2D eigenvalue weighted by Crippen LogP contribution is -2.38. The summed E-state index contributed by atoms with van der Waals surface area (Å²) in [6.07, 6.45) is 5.53. The Balaban J connectivity index is 1.47. The normalized spacial score (nSPS) is 17.3. The fourth-order valence-corrected chi connectivity index (χ4v) is 3.44. The molecule has 0 aromatic carbocycles. The summed E-state index contributed by atoms with van der Waals surface area (Å²) in [6, 6.07) is 4.76. The number of morpholine rings is 1. The molecule has 148 valence electrons. The molecular weight excluding hydrogens is 380 g/mol. The molecule has 0 spiro atoms. The maximum Gasteiger partial charge on any atom is 0.265 e. The average Bonchev–Trinajstić information content (AvgIpc) is 3.43. The van der Waals surface area contributed by atoms with Crippen molar-refractivity contribution in [3.63, 3.8) is 0 Å². The summed E-state index contributed by atoms with van der Waals surface area (Å²) in [4.78, 5) is 15.4. The number of nitrogens with one attached hydrogen (secondary N) is 1. The number of aromatic nitrogens is 6. The number of anilines is 1. The summed E-state index contributed by atoms with van der Waals surface area (Å²) in [5, 5.41) is 6.78. The predicted molar refractivity (Wildman–Crippen MR) is 101 cm³/mol. The third-order valence-corrected chi connectivity index (χ3v) is 4.93. The van der Waals surface area contributed by atoms with Crippen LogP contribution in [-0.4, -0.2) is 49.2 Å². The van der Waals surface area contributed by atoms with Crippen molar-refractivity contribution >= 4 is 11.5 Å². The molecule has 0 saturated carbocycles. The van der Waals surface area contributed by atoms with Gasteiger partial charge in [0.15, 0.2) is 5.82 Å². The number of alkyl halides is 2. The lowest BCUT2D eigenvalue weighted by molar-refractivity contribution is 0.0395. The highest BCUT2D eigenvalue weighted by atomic mass is 19.3. The number of fused-ring (bicyclic) bond motifs is 1. The molecule has 0 bridgehead atoms. The zero-order chi connectivity index (χ0) is 19.8. The van der Waals surface area contributed by atoms with Crippen molar-refractivity contribution in [2.75, 3.05) is 24.6 Å². The van der Waals surface area contributed by atoms with E-state index in [9.17, 15) is 8.78 Å². The van der Waals surface area contributed by atoms with E-state index in [1.807, 2.05) is 12.3 Å². The van der Waals surface area contributed by atoms with Gasteiger partial charge in [-0.3, -0.25) is 9.50 Å². The van der Waals surface area contributed by atoms with Crippen LogP contribution in [0.1, 0.15) is 23.7 Å². The second-order valence-corrected chi connectivity index (χ2v) is 6.71. The summed E-state index contributed by atoms with van der Waals surface area (Å²) in [5.41, 5.74) is 2.02. The molecule has 1 aliphatic rings. The Morgan fingerprint density at radius 2 is 2.10 bits per heavy atom. The van der Waals surface area contributed by atoms with Crippen LogP contribution in [0.4, 0.5) is 14.6 Å². The number of rotatable bonds is 4. The predicted octanol–water partition coefficient (Wildman–Crippen LogP) is 3.03. The van der Waals surface area contributed by atoms with Crippen LogP contribution in [0.3, 0.4) is 0 Å². The molecule has 1 unspecified atom stereocenters. The van der Waals surface area contributed by atoms with Crippen molar-refractivity contribution in [1.82, 2.24) is 29.5 Å². The SMILES string of the molecule is FC(F)c1ccc2ncc(-c3nccc(N4CCOC(c5cn[nH]c5)C4)n3)n2c1. The summed E-state index contributed by atoms with van der Waals surface area (Å²) in [7, 11) is 0. The maximum atomic E-state index is 13.1. The van der Waals surface area contributed by atoms with E-state index in [-0.39, 0.29) is 11.7 Å². The van der Waals surface area contributed by atoms with Gasteiger partial charge in [0.1, 0.15) is 23.3 Å². The maximum absolute atomic E-state index is 13.1. The average molecular weight is 397 g/mol. The summed E-state index contributed by atoms with van der Waals surface area (Å²) < 4.78 is 33.6. The van der Waals surface area contributed by atoms with Gasteiger partial charge in [-0.1, -0.05) is 0 Å². The number of hydrogen-bond donors (Lipinski definition) is 1. The lowest BCUT2D eigenvalue weighted by Gasteiger charge is -2.33. The second-order valence-electron chi connectivity index (χ2n) is 6.71. The molecule has 5 heterocycles. The smallest absolute Gasteiger partial charge is 0.265 e. The molecular formula is C19H17F2N7O. The van der Waals surface area contributed by atoms with Gasteiger partial charge >= 0.3 is 0 Å². The first-order valence-electron chi connectivity index (χ1n) is 9.13. The molecule has 1 fully saturated rings. The molecule has 10 heteroatoms. The van der Waals surface area contributed by atoms with Gasteiger partial charge in [0.05, 0.1) is 19.0 Å². The molecule has 8 nitrogen and oxygen atoms in total. The van der Waals surface area contributed by atoms with Gasteiger partial charge in [0.25, 0.3) is 6.43 Å². The van der Waals surface area contributed by atoms with Crippen LogP contribution < -0.4 is 4.90 Å². The van der Waals surface area contributed by atoms with Crippen molar-refractivity contribution in [2.24, 2.45) is 0 Å². The Hall–Kier alpha value is -3.40. The van der Waals surface area contributed by atoms with E-state index in [4.69, 9.17) is 4.74 Å². The number of aromatic amines is 1. The van der Waals surface area contributed by atoms with E-state index in [1.54, 1.807) is 29.1 Å². The van der Waals surface area contributed by atoms with E-state index in [0.29, 0.717) is 36.9 Å². The minimum Gasteiger partial charge on any atom is -0.370 e. The van der Waals surface area contributed by atoms with Crippen LogP contribution >= 0.6 is 0 Å². The first-order valence-corrected chi connectivity index (χ1v) is 9.13. The van der Waals surface area contributed by atoms with Crippen LogP contribution in [0.15, 0.2) is 49.2 Å². The standard InChI is InChI=1S/C19H17F2N7O/c20-18(21)12-1-2-16-23-9-14(28(16)10-12)19-22-4-3-17(26-19)27-5-6-29-15(11-27)13-7-24-25-8-13/h1-4,7-10,15,18H,5-6,11H2,(H,24,25). The summed E-state index contributed by atoms with van der Waals surface area (Å²) in [6.45, 7) is 1.87. The van der Waals surface area contributed by atoms with Crippen molar-refractivity contribution in [3.05, 3.63) is 60.3 Å². The molecule has 5 rings (SSSR count). The third kappa shape index (κ3) is 3.31. The number of H-pyrrole nitrogens is 1. The third-order valence-electron chi connectivity index (χ3n) is 4.93. The quantitative estimate of drug-likeness (QED) is 0.570. The van der Waals surface area contributed by atoms with Crippen molar-refractivity contribution in [2.45, 2.75) is 12.5 Å². The lowest BCUT2D eigenvalue weighted by atomic mass is 10.1. The molecule has 0 amide bonds. The molecule has 29 heavy (non-hydrogen) atoms. The Kier molecular flexibility index (Phi) is 4.39. The molecule has 0 radical (unpaired) electrons. The van der Waals surface area contributed by atoms with Crippen LogP contribution in [0.5, 0.6) is 0 Å². The van der Waals surface area contributed by atoms with Gasteiger partial charge in [-0.2, -0.15) is 5.10 Å². The number of nitrogens with zero attached hydrogens (tertiary/aromatic N) is 6. The zero-order valence-electron chi connectivity index (χ0n) is 15.2. The van der Waals surface area contributed by atoms with E-state index in [1.165, 1.54) is 12.3 Å². The molecule has 1 aliphatic heterocycles. The molecule has 4 aromatic rings. The Labute approximate surface area is 164 Å². The summed E-state index contributed by atoms with van der Waals surface area (Å²) in [5.74, 6) is 1.17. The molecule has 1 atom stereocenters. The van der Waals surface area contributed by atoms with Crippen LogP contribution in [0.25, 0.3) is 17.2 Å². The minimum absolute atomic E-state index is 0.0796.